The number of rotatable bonds is 2. The molecule has 0 fully saturated rings. The highest BCUT2D eigenvalue weighted by Crippen LogP contribution is 2.42. The molecule has 0 bridgehead atoms. The molecule has 2 aromatic carbocycles. The summed E-state index contributed by atoms with van der Waals surface area (Å²) >= 11 is 17.8. The molecule has 0 radical (unpaired) electrons. The van der Waals surface area contributed by atoms with Crippen LogP contribution in [0.1, 0.15) is 5.56 Å². The van der Waals surface area contributed by atoms with Crippen molar-refractivity contribution < 1.29 is 17.9 Å². The van der Waals surface area contributed by atoms with Crippen LogP contribution < -0.4 is 4.74 Å². The number of hydrogen-bond donors (Lipinski definition) is 0. The summed E-state index contributed by atoms with van der Waals surface area (Å²) in [6.07, 6.45) is -4.49. The third-order valence-corrected chi connectivity index (χ3v) is 4.15. The second-order valence-electron chi connectivity index (χ2n) is 4.14. The number of methoxy groups -OCH3 is 1. The molecule has 0 amide bonds. The van der Waals surface area contributed by atoms with Gasteiger partial charge in [0.2, 0.25) is 0 Å². The predicted octanol–water partition coefficient (Wildman–Crippen LogP) is 6.34. The van der Waals surface area contributed by atoms with Crippen LogP contribution in [0.2, 0.25) is 15.1 Å². The molecule has 2 aromatic rings. The van der Waals surface area contributed by atoms with Gasteiger partial charge in [0.25, 0.3) is 0 Å². The Bertz CT molecular complexity index is 684. The second-order valence-corrected chi connectivity index (χ2v) is 5.30. The summed E-state index contributed by atoms with van der Waals surface area (Å²) in [5.41, 5.74) is 0.0615. The van der Waals surface area contributed by atoms with E-state index in [0.29, 0.717) is 11.1 Å². The van der Waals surface area contributed by atoms with E-state index in [0.717, 1.165) is 6.07 Å². The van der Waals surface area contributed by atoms with Crippen molar-refractivity contribution in [3.05, 3.63) is 51.0 Å². The quantitative estimate of drug-likeness (QED) is 0.571. The molecule has 7 heteroatoms. The summed E-state index contributed by atoms with van der Waals surface area (Å²) in [5.74, 6) is -0.290. The van der Waals surface area contributed by atoms with E-state index in [1.807, 2.05) is 0 Å². The van der Waals surface area contributed by atoms with Crippen LogP contribution in [0.3, 0.4) is 0 Å². The molecule has 2 rings (SSSR count). The molecule has 0 unspecified atom stereocenters. The Morgan fingerprint density at radius 1 is 0.952 bits per heavy atom. The molecule has 0 atom stereocenters. The summed E-state index contributed by atoms with van der Waals surface area (Å²) in [6, 6.07) is 6.60. The average Bonchev–Trinajstić information content (AvgIpc) is 2.43. The predicted molar refractivity (Wildman–Crippen MR) is 78.5 cm³/mol. The maximum atomic E-state index is 12.8. The van der Waals surface area contributed by atoms with Crippen LogP contribution in [0.15, 0.2) is 30.3 Å². The van der Waals surface area contributed by atoms with E-state index in [-0.39, 0.29) is 20.8 Å². The monoisotopic (exact) mass is 354 g/mol. The molecule has 0 N–H and O–H groups in total. The third kappa shape index (κ3) is 3.23. The van der Waals surface area contributed by atoms with Crippen LogP contribution in [0.25, 0.3) is 11.1 Å². The summed E-state index contributed by atoms with van der Waals surface area (Å²) in [7, 11) is 1.17. The molecular formula is C14H8Cl3F3O. The minimum atomic E-state index is -4.49. The SMILES string of the molecule is COc1cc(-c2ccc(Cl)c(Cl)c2Cl)ccc1C(F)(F)F. The zero-order chi connectivity index (χ0) is 15.8. The van der Waals surface area contributed by atoms with E-state index in [1.54, 1.807) is 6.07 Å². The number of halogens is 6. The van der Waals surface area contributed by atoms with E-state index in [1.165, 1.54) is 25.3 Å². The first kappa shape index (κ1) is 16.3. The highest BCUT2D eigenvalue weighted by molar-refractivity contribution is 6.49. The van der Waals surface area contributed by atoms with Crippen LogP contribution in [-0.2, 0) is 6.18 Å². The maximum absolute atomic E-state index is 12.8. The Morgan fingerprint density at radius 2 is 1.62 bits per heavy atom. The summed E-state index contributed by atoms with van der Waals surface area (Å²) in [5, 5.41) is 0.588. The highest BCUT2D eigenvalue weighted by atomic mass is 35.5. The molecule has 0 saturated carbocycles. The lowest BCUT2D eigenvalue weighted by atomic mass is 10.0. The first-order valence-corrected chi connectivity index (χ1v) is 6.78. The largest absolute Gasteiger partial charge is 0.496 e. The molecule has 0 spiro atoms. The van der Waals surface area contributed by atoms with Gasteiger partial charge in [-0.25, -0.2) is 0 Å². The Balaban J connectivity index is 2.59. The van der Waals surface area contributed by atoms with E-state index >= 15 is 0 Å². The van der Waals surface area contributed by atoms with Gasteiger partial charge in [0.05, 0.1) is 27.7 Å². The van der Waals surface area contributed by atoms with Crippen molar-refractivity contribution in [2.75, 3.05) is 7.11 Å². The fraction of sp³-hybridized carbons (Fsp3) is 0.143. The van der Waals surface area contributed by atoms with Crippen molar-refractivity contribution >= 4 is 34.8 Å². The molecule has 0 aliphatic rings. The van der Waals surface area contributed by atoms with Crippen molar-refractivity contribution in [3.63, 3.8) is 0 Å². The molecule has 0 aliphatic carbocycles. The van der Waals surface area contributed by atoms with Crippen LogP contribution in [0, 0.1) is 0 Å². The van der Waals surface area contributed by atoms with Gasteiger partial charge in [0.15, 0.2) is 0 Å². The zero-order valence-electron chi connectivity index (χ0n) is 10.6. The van der Waals surface area contributed by atoms with Crippen LogP contribution in [0.5, 0.6) is 5.75 Å². The van der Waals surface area contributed by atoms with Gasteiger partial charge in [0.1, 0.15) is 5.75 Å². The highest BCUT2D eigenvalue weighted by Gasteiger charge is 2.34. The summed E-state index contributed by atoms with van der Waals surface area (Å²) in [4.78, 5) is 0. The second kappa shape index (κ2) is 5.95. The lowest BCUT2D eigenvalue weighted by molar-refractivity contribution is -0.138. The van der Waals surface area contributed by atoms with Gasteiger partial charge in [-0.15, -0.1) is 0 Å². The molecule has 0 heterocycles. The Morgan fingerprint density at radius 3 is 2.19 bits per heavy atom. The van der Waals surface area contributed by atoms with E-state index in [4.69, 9.17) is 39.5 Å². The minimum Gasteiger partial charge on any atom is -0.496 e. The van der Waals surface area contributed by atoms with Crippen molar-refractivity contribution in [2.45, 2.75) is 6.18 Å². The van der Waals surface area contributed by atoms with Crippen LogP contribution in [0.4, 0.5) is 13.2 Å². The lowest BCUT2D eigenvalue weighted by Crippen LogP contribution is -2.07. The third-order valence-electron chi connectivity index (χ3n) is 2.85. The van der Waals surface area contributed by atoms with Crippen molar-refractivity contribution in [1.82, 2.24) is 0 Å². The number of benzene rings is 2. The average molecular weight is 356 g/mol. The number of hydrogen-bond acceptors (Lipinski definition) is 1. The number of ether oxygens (including phenoxy) is 1. The maximum Gasteiger partial charge on any atom is 0.419 e. The Labute approximate surface area is 134 Å². The van der Waals surface area contributed by atoms with Gasteiger partial charge in [0, 0.05) is 5.56 Å². The Hall–Kier alpha value is -1.10. The van der Waals surface area contributed by atoms with Gasteiger partial charge < -0.3 is 4.74 Å². The molecule has 0 saturated heterocycles. The smallest absolute Gasteiger partial charge is 0.419 e. The van der Waals surface area contributed by atoms with Gasteiger partial charge >= 0.3 is 6.18 Å². The van der Waals surface area contributed by atoms with Gasteiger partial charge in [-0.05, 0) is 23.8 Å². The van der Waals surface area contributed by atoms with E-state index in [9.17, 15) is 13.2 Å². The van der Waals surface area contributed by atoms with Gasteiger partial charge in [-0.3, -0.25) is 0 Å². The molecule has 112 valence electrons. The summed E-state index contributed by atoms with van der Waals surface area (Å²) in [6.45, 7) is 0. The van der Waals surface area contributed by atoms with E-state index < -0.39 is 11.7 Å². The van der Waals surface area contributed by atoms with Gasteiger partial charge in [-0.1, -0.05) is 46.9 Å². The topological polar surface area (TPSA) is 9.23 Å². The Kier molecular flexibility index (Phi) is 4.61. The first-order valence-electron chi connectivity index (χ1n) is 5.64. The normalized spacial score (nSPS) is 11.6. The van der Waals surface area contributed by atoms with E-state index in [2.05, 4.69) is 0 Å². The molecule has 1 nitrogen and oxygen atoms in total. The zero-order valence-corrected chi connectivity index (χ0v) is 12.8. The summed E-state index contributed by atoms with van der Waals surface area (Å²) < 4.78 is 43.3. The molecule has 0 aliphatic heterocycles. The molecule has 21 heavy (non-hydrogen) atoms. The fourth-order valence-corrected chi connectivity index (χ4v) is 2.49. The van der Waals surface area contributed by atoms with Crippen molar-refractivity contribution in [2.24, 2.45) is 0 Å². The van der Waals surface area contributed by atoms with Crippen LogP contribution in [-0.4, -0.2) is 7.11 Å². The fourth-order valence-electron chi connectivity index (χ4n) is 1.84. The molecule has 0 aromatic heterocycles. The lowest BCUT2D eigenvalue weighted by Gasteiger charge is -2.14. The van der Waals surface area contributed by atoms with Crippen molar-refractivity contribution in [3.8, 4) is 16.9 Å². The van der Waals surface area contributed by atoms with Crippen LogP contribution >= 0.6 is 34.8 Å². The van der Waals surface area contributed by atoms with Gasteiger partial charge in [-0.2, -0.15) is 13.2 Å². The standard InChI is InChI=1S/C14H8Cl3F3O/c1-21-11-6-7(2-4-9(11)14(18,19)20)8-3-5-10(15)13(17)12(8)16/h2-6H,1H3. The molecular weight excluding hydrogens is 348 g/mol. The minimum absolute atomic E-state index is 0.148. The number of alkyl halides is 3. The first-order chi connectivity index (χ1) is 9.75. The van der Waals surface area contributed by atoms with Crippen molar-refractivity contribution in [1.29, 1.82) is 0 Å².